The minimum Gasteiger partial charge on any atom is -0.508 e. The van der Waals surface area contributed by atoms with E-state index in [0.29, 0.717) is 10.8 Å². The highest BCUT2D eigenvalue weighted by Gasteiger charge is 2.30. The maximum atomic E-state index is 12.1. The van der Waals surface area contributed by atoms with E-state index in [1.165, 1.54) is 28.6 Å². The van der Waals surface area contributed by atoms with Gasteiger partial charge in [-0.25, -0.2) is 0 Å². The Bertz CT molecular complexity index is 752. The first-order chi connectivity index (χ1) is 11.4. The van der Waals surface area contributed by atoms with Crippen molar-refractivity contribution in [2.45, 2.75) is 31.5 Å². The predicted molar refractivity (Wildman–Crippen MR) is 88.5 cm³/mol. The monoisotopic (exact) mass is 346 g/mol. The number of hydrogen-bond acceptors (Lipinski definition) is 7. The fourth-order valence-corrected chi connectivity index (χ4v) is 2.47. The van der Waals surface area contributed by atoms with Crippen molar-refractivity contribution in [1.82, 2.24) is 25.5 Å². The Labute approximate surface area is 143 Å². The molecule has 1 aromatic carbocycles. The number of rotatable bonds is 6. The van der Waals surface area contributed by atoms with Gasteiger partial charge < -0.3 is 10.4 Å². The minimum atomic E-state index is -0.916. The molecule has 0 aliphatic rings. The number of nitrogens with zero attached hydrogens (tertiary/aromatic N) is 5. The molecule has 1 aromatic heterocycles. The molecule has 0 aliphatic carbocycles. The largest absolute Gasteiger partial charge is 0.508 e. The van der Waals surface area contributed by atoms with Crippen LogP contribution in [-0.2, 0) is 4.79 Å². The van der Waals surface area contributed by atoms with E-state index < -0.39 is 5.54 Å². The number of nitriles is 1. The summed E-state index contributed by atoms with van der Waals surface area (Å²) in [5, 5.41) is 33.1. The molecule has 2 rings (SSSR count). The zero-order valence-corrected chi connectivity index (χ0v) is 14.4. The number of thioether (sulfide) groups is 1. The first-order valence-electron chi connectivity index (χ1n) is 7.28. The zero-order chi connectivity index (χ0) is 17.7. The van der Waals surface area contributed by atoms with E-state index in [-0.39, 0.29) is 23.3 Å². The maximum absolute atomic E-state index is 12.1. The fraction of sp³-hybridized carbons (Fsp3) is 0.400. The van der Waals surface area contributed by atoms with Gasteiger partial charge in [0.15, 0.2) is 0 Å². The molecule has 24 heavy (non-hydrogen) atoms. The first kappa shape index (κ1) is 17.7. The van der Waals surface area contributed by atoms with Gasteiger partial charge in [0.25, 0.3) is 0 Å². The molecular formula is C15H18N6O2S. The summed E-state index contributed by atoms with van der Waals surface area (Å²) < 4.78 is 1.48. The van der Waals surface area contributed by atoms with Crippen molar-refractivity contribution < 1.29 is 9.90 Å². The number of aromatic hydroxyl groups is 1. The Morgan fingerprint density at radius 1 is 1.46 bits per heavy atom. The van der Waals surface area contributed by atoms with Crippen LogP contribution >= 0.6 is 11.8 Å². The SMILES string of the molecule is CC(C)[C@@](C)(C#N)NC(=O)CSc1nnnn1-c1ccc(O)cc1. The molecule has 126 valence electrons. The average molecular weight is 346 g/mol. The van der Waals surface area contributed by atoms with E-state index in [4.69, 9.17) is 0 Å². The third-order valence-corrected chi connectivity index (χ3v) is 4.57. The fourth-order valence-electron chi connectivity index (χ4n) is 1.78. The van der Waals surface area contributed by atoms with Crippen molar-refractivity contribution in [3.05, 3.63) is 24.3 Å². The molecule has 0 aliphatic heterocycles. The van der Waals surface area contributed by atoms with Crippen molar-refractivity contribution in [1.29, 1.82) is 5.26 Å². The number of carbonyl (C=O) groups excluding carboxylic acids is 1. The van der Waals surface area contributed by atoms with E-state index in [9.17, 15) is 15.2 Å². The van der Waals surface area contributed by atoms with Gasteiger partial charge >= 0.3 is 0 Å². The predicted octanol–water partition coefficient (Wildman–Crippen LogP) is 1.51. The molecule has 1 amide bonds. The highest BCUT2D eigenvalue weighted by atomic mass is 32.2. The van der Waals surface area contributed by atoms with Crippen LogP contribution in [0.25, 0.3) is 5.69 Å². The maximum Gasteiger partial charge on any atom is 0.231 e. The molecule has 2 aromatic rings. The quantitative estimate of drug-likeness (QED) is 0.761. The Morgan fingerprint density at radius 2 is 2.12 bits per heavy atom. The van der Waals surface area contributed by atoms with Crippen LogP contribution in [0.1, 0.15) is 20.8 Å². The molecule has 0 saturated carbocycles. The van der Waals surface area contributed by atoms with E-state index in [1.807, 2.05) is 13.8 Å². The van der Waals surface area contributed by atoms with Gasteiger partial charge in [-0.05, 0) is 47.5 Å². The number of nitrogens with one attached hydrogen (secondary N) is 1. The topological polar surface area (TPSA) is 117 Å². The van der Waals surface area contributed by atoms with Gasteiger partial charge in [-0.15, -0.1) is 5.10 Å². The van der Waals surface area contributed by atoms with Crippen molar-refractivity contribution in [2.75, 3.05) is 5.75 Å². The van der Waals surface area contributed by atoms with E-state index in [0.717, 1.165) is 0 Å². The Kier molecular flexibility index (Phi) is 5.41. The first-order valence-corrected chi connectivity index (χ1v) is 8.27. The lowest BCUT2D eigenvalue weighted by molar-refractivity contribution is -0.120. The summed E-state index contributed by atoms with van der Waals surface area (Å²) in [6, 6.07) is 8.52. The van der Waals surface area contributed by atoms with Crippen LogP contribution in [0, 0.1) is 17.2 Å². The molecule has 0 bridgehead atoms. The molecule has 0 radical (unpaired) electrons. The van der Waals surface area contributed by atoms with E-state index >= 15 is 0 Å². The molecule has 1 heterocycles. The Balaban J connectivity index is 2.03. The van der Waals surface area contributed by atoms with Crippen LogP contribution in [0.5, 0.6) is 5.75 Å². The zero-order valence-electron chi connectivity index (χ0n) is 13.6. The third-order valence-electron chi connectivity index (χ3n) is 3.65. The van der Waals surface area contributed by atoms with Crippen molar-refractivity contribution in [3.63, 3.8) is 0 Å². The second kappa shape index (κ2) is 7.31. The summed E-state index contributed by atoms with van der Waals surface area (Å²) in [4.78, 5) is 12.1. The highest BCUT2D eigenvalue weighted by Crippen LogP contribution is 2.21. The van der Waals surface area contributed by atoms with Gasteiger partial charge in [0, 0.05) is 0 Å². The van der Waals surface area contributed by atoms with Crippen molar-refractivity contribution >= 4 is 17.7 Å². The van der Waals surface area contributed by atoms with Crippen LogP contribution in [0.2, 0.25) is 0 Å². The van der Waals surface area contributed by atoms with Crippen LogP contribution < -0.4 is 5.32 Å². The number of amides is 1. The number of phenols is 1. The summed E-state index contributed by atoms with van der Waals surface area (Å²) in [6.45, 7) is 5.45. The van der Waals surface area contributed by atoms with Crippen LogP contribution in [0.3, 0.4) is 0 Å². The number of aromatic nitrogens is 4. The van der Waals surface area contributed by atoms with Gasteiger partial charge in [0.2, 0.25) is 11.1 Å². The van der Waals surface area contributed by atoms with Crippen LogP contribution in [0.15, 0.2) is 29.4 Å². The smallest absolute Gasteiger partial charge is 0.231 e. The standard InChI is InChI=1S/C15H18N6O2S/c1-10(2)15(3,9-16)17-13(23)8-24-14-18-19-20-21(14)11-4-6-12(22)7-5-11/h4-7,10,22H,8H2,1-3H3,(H,17,23)/t15-/m1/s1. The molecule has 8 nitrogen and oxygen atoms in total. The van der Waals surface area contributed by atoms with Crippen molar-refractivity contribution in [3.8, 4) is 17.5 Å². The highest BCUT2D eigenvalue weighted by molar-refractivity contribution is 7.99. The number of benzene rings is 1. The molecule has 0 fully saturated rings. The summed E-state index contributed by atoms with van der Waals surface area (Å²) in [5.74, 6) is -0.0516. The van der Waals surface area contributed by atoms with Crippen LogP contribution in [0.4, 0.5) is 0 Å². The van der Waals surface area contributed by atoms with Gasteiger partial charge in [-0.3, -0.25) is 4.79 Å². The average Bonchev–Trinajstić information content (AvgIpc) is 3.02. The van der Waals surface area contributed by atoms with Gasteiger partial charge in [-0.1, -0.05) is 25.6 Å². The summed E-state index contributed by atoms with van der Waals surface area (Å²) in [6.07, 6.45) is 0. The van der Waals surface area contributed by atoms with Crippen molar-refractivity contribution in [2.24, 2.45) is 5.92 Å². The molecule has 0 unspecified atom stereocenters. The number of phenolic OH excluding ortho intramolecular Hbond substituents is 1. The van der Waals surface area contributed by atoms with E-state index in [1.54, 1.807) is 19.1 Å². The van der Waals surface area contributed by atoms with Gasteiger partial charge in [0.05, 0.1) is 17.5 Å². The van der Waals surface area contributed by atoms with Crippen LogP contribution in [-0.4, -0.2) is 42.5 Å². The molecule has 1 atom stereocenters. The number of tetrazole rings is 1. The Morgan fingerprint density at radius 3 is 2.71 bits per heavy atom. The third kappa shape index (κ3) is 4.02. The summed E-state index contributed by atoms with van der Waals surface area (Å²) >= 11 is 1.17. The molecule has 0 saturated heterocycles. The molecular weight excluding hydrogens is 328 g/mol. The lowest BCUT2D eigenvalue weighted by atomic mass is 9.90. The number of carbonyl (C=O) groups is 1. The van der Waals surface area contributed by atoms with Gasteiger partial charge in [-0.2, -0.15) is 9.94 Å². The molecule has 9 heteroatoms. The summed E-state index contributed by atoms with van der Waals surface area (Å²) in [5.41, 5.74) is -0.245. The second-order valence-electron chi connectivity index (χ2n) is 5.70. The Hall–Kier alpha value is -2.60. The second-order valence-corrected chi connectivity index (χ2v) is 6.64. The van der Waals surface area contributed by atoms with E-state index in [2.05, 4.69) is 26.9 Å². The lowest BCUT2D eigenvalue weighted by Gasteiger charge is -2.27. The van der Waals surface area contributed by atoms with Gasteiger partial charge in [0.1, 0.15) is 11.3 Å². The molecule has 0 spiro atoms. The summed E-state index contributed by atoms with van der Waals surface area (Å²) in [7, 11) is 0. The minimum absolute atomic E-state index is 0.0150. The molecule has 2 N–H and O–H groups in total. The normalized spacial score (nSPS) is 13.3. The lowest BCUT2D eigenvalue weighted by Crippen LogP contribution is -2.49. The number of hydrogen-bond donors (Lipinski definition) is 2.